The molecule has 178 valence electrons. The number of hydrogen-bond acceptors (Lipinski definition) is 5. The van der Waals surface area contributed by atoms with Crippen molar-refractivity contribution < 1.29 is 9.18 Å². The number of benzene rings is 1. The lowest BCUT2D eigenvalue weighted by molar-refractivity contribution is 0.0966. The largest absolute Gasteiger partial charge is 0.348 e. The highest BCUT2D eigenvalue weighted by Gasteiger charge is 2.27. The molecule has 3 aromatic heterocycles. The summed E-state index contributed by atoms with van der Waals surface area (Å²) in [5.74, 6) is 0.235. The molecule has 0 aliphatic carbocycles. The molecule has 1 unspecified atom stereocenters. The first-order valence-electron chi connectivity index (χ1n) is 12.1. The zero-order valence-electron chi connectivity index (χ0n) is 19.6. The highest BCUT2D eigenvalue weighted by atomic mass is 19.1. The van der Waals surface area contributed by atoms with Crippen LogP contribution in [0.4, 0.5) is 15.9 Å². The minimum absolute atomic E-state index is 0.125. The SMILES string of the molecule is CC(c1ccc(Nc2ccc(-c3cnc4cc(F)ccn34)c3c2C(=O)NC3)nc1)N1CCCCC1. The van der Waals surface area contributed by atoms with Crippen LogP contribution in [0.25, 0.3) is 16.9 Å². The van der Waals surface area contributed by atoms with E-state index in [1.165, 1.54) is 37.0 Å². The van der Waals surface area contributed by atoms with Crippen LogP contribution in [0.5, 0.6) is 0 Å². The Bertz CT molecular complexity index is 1410. The Morgan fingerprint density at radius 3 is 2.71 bits per heavy atom. The van der Waals surface area contributed by atoms with Crippen LogP contribution in [0.3, 0.4) is 0 Å². The van der Waals surface area contributed by atoms with Crippen LogP contribution in [0.15, 0.2) is 55.0 Å². The standard InChI is InChI=1S/C27H27FN6O/c1-17(33-10-3-2-4-11-33)18-5-8-24(29-14-18)32-22-7-6-20(21-15-31-27(35)26(21)22)23-16-30-25-13-19(28)9-12-34(23)25/h5-9,12-14,16-17H,2-4,10-11,15H2,1H3,(H,29,32)(H,31,35). The molecule has 1 saturated heterocycles. The van der Waals surface area contributed by atoms with E-state index < -0.39 is 0 Å². The van der Waals surface area contributed by atoms with E-state index >= 15 is 0 Å². The monoisotopic (exact) mass is 470 g/mol. The van der Waals surface area contributed by atoms with Crippen LogP contribution >= 0.6 is 0 Å². The lowest BCUT2D eigenvalue weighted by atomic mass is 9.99. The van der Waals surface area contributed by atoms with Gasteiger partial charge in [-0.2, -0.15) is 0 Å². The summed E-state index contributed by atoms with van der Waals surface area (Å²) in [6, 6.07) is 11.1. The minimum Gasteiger partial charge on any atom is -0.348 e. The van der Waals surface area contributed by atoms with Gasteiger partial charge in [0.25, 0.3) is 5.91 Å². The first-order valence-corrected chi connectivity index (χ1v) is 12.1. The molecule has 0 spiro atoms. The lowest BCUT2D eigenvalue weighted by Gasteiger charge is -2.32. The van der Waals surface area contributed by atoms with Crippen molar-refractivity contribution in [1.82, 2.24) is 24.6 Å². The predicted molar refractivity (Wildman–Crippen MR) is 133 cm³/mol. The van der Waals surface area contributed by atoms with E-state index in [1.807, 2.05) is 28.8 Å². The average molecular weight is 471 g/mol. The number of nitrogens with one attached hydrogen (secondary N) is 2. The maximum atomic E-state index is 13.6. The summed E-state index contributed by atoms with van der Waals surface area (Å²) in [6.07, 6.45) is 9.12. The Balaban J connectivity index is 1.29. The van der Waals surface area contributed by atoms with E-state index in [2.05, 4.69) is 38.5 Å². The van der Waals surface area contributed by atoms with Crippen molar-refractivity contribution in [2.24, 2.45) is 0 Å². The zero-order chi connectivity index (χ0) is 23.9. The number of likely N-dealkylation sites (tertiary alicyclic amines) is 1. The molecule has 35 heavy (non-hydrogen) atoms. The number of pyridine rings is 2. The highest BCUT2D eigenvalue weighted by molar-refractivity contribution is 6.06. The van der Waals surface area contributed by atoms with Crippen molar-refractivity contribution in [3.05, 3.63) is 77.5 Å². The van der Waals surface area contributed by atoms with E-state index in [1.54, 1.807) is 12.4 Å². The fraction of sp³-hybridized carbons (Fsp3) is 0.296. The maximum absolute atomic E-state index is 13.6. The summed E-state index contributed by atoms with van der Waals surface area (Å²) in [6.45, 7) is 4.93. The Hall–Kier alpha value is -3.78. The molecule has 2 aliphatic rings. The van der Waals surface area contributed by atoms with E-state index in [0.29, 0.717) is 35.3 Å². The van der Waals surface area contributed by atoms with Gasteiger partial charge in [0, 0.05) is 36.6 Å². The molecule has 2 aliphatic heterocycles. The van der Waals surface area contributed by atoms with Gasteiger partial charge in [-0.1, -0.05) is 18.6 Å². The van der Waals surface area contributed by atoms with Crippen molar-refractivity contribution in [2.75, 3.05) is 18.4 Å². The quantitative estimate of drug-likeness (QED) is 0.426. The molecule has 1 amide bonds. The Morgan fingerprint density at radius 1 is 1.06 bits per heavy atom. The molecule has 4 aromatic rings. The average Bonchev–Trinajstić information content (AvgIpc) is 3.48. The summed E-state index contributed by atoms with van der Waals surface area (Å²) < 4.78 is 15.5. The Morgan fingerprint density at radius 2 is 1.91 bits per heavy atom. The molecular formula is C27H27FN6O. The van der Waals surface area contributed by atoms with E-state index in [0.717, 1.165) is 29.9 Å². The molecule has 6 rings (SSSR count). The van der Waals surface area contributed by atoms with Gasteiger partial charge in [-0.15, -0.1) is 0 Å². The first kappa shape index (κ1) is 21.7. The van der Waals surface area contributed by atoms with Gasteiger partial charge in [0.15, 0.2) is 0 Å². The summed E-state index contributed by atoms with van der Waals surface area (Å²) in [4.78, 5) is 24.3. The van der Waals surface area contributed by atoms with Gasteiger partial charge >= 0.3 is 0 Å². The molecular weight excluding hydrogens is 443 g/mol. The van der Waals surface area contributed by atoms with Crippen LogP contribution in [0.2, 0.25) is 0 Å². The molecule has 2 N–H and O–H groups in total. The third-order valence-corrected chi connectivity index (χ3v) is 7.19. The minimum atomic E-state index is -0.333. The smallest absolute Gasteiger partial charge is 0.254 e. The number of aromatic nitrogens is 3. The molecule has 0 radical (unpaired) electrons. The van der Waals surface area contributed by atoms with Crippen LogP contribution in [-0.4, -0.2) is 38.3 Å². The topological polar surface area (TPSA) is 74.6 Å². The number of nitrogens with zero attached hydrogens (tertiary/aromatic N) is 4. The van der Waals surface area contributed by atoms with Crippen LogP contribution in [0.1, 0.15) is 53.7 Å². The molecule has 7 nitrogen and oxygen atoms in total. The maximum Gasteiger partial charge on any atom is 0.254 e. The number of rotatable bonds is 5. The fourth-order valence-electron chi connectivity index (χ4n) is 5.23. The Kier molecular flexibility index (Phi) is 5.45. The second-order valence-electron chi connectivity index (χ2n) is 9.29. The van der Waals surface area contributed by atoms with Crippen molar-refractivity contribution in [1.29, 1.82) is 0 Å². The molecule has 5 heterocycles. The zero-order valence-corrected chi connectivity index (χ0v) is 19.6. The summed E-state index contributed by atoms with van der Waals surface area (Å²) >= 11 is 0. The summed E-state index contributed by atoms with van der Waals surface area (Å²) in [5.41, 5.74) is 5.63. The number of halogens is 1. The van der Waals surface area contributed by atoms with Crippen molar-refractivity contribution in [2.45, 2.75) is 38.8 Å². The van der Waals surface area contributed by atoms with Crippen LogP contribution in [-0.2, 0) is 6.54 Å². The van der Waals surface area contributed by atoms with Gasteiger partial charge in [0.1, 0.15) is 17.3 Å². The number of imidazole rings is 1. The number of fused-ring (bicyclic) bond motifs is 2. The summed E-state index contributed by atoms with van der Waals surface area (Å²) in [7, 11) is 0. The third-order valence-electron chi connectivity index (χ3n) is 7.19. The predicted octanol–water partition coefficient (Wildman–Crippen LogP) is 5.07. The van der Waals surface area contributed by atoms with E-state index in [9.17, 15) is 9.18 Å². The molecule has 8 heteroatoms. The van der Waals surface area contributed by atoms with Gasteiger partial charge in [-0.05, 0) is 62.2 Å². The number of carbonyl (C=O) groups is 1. The van der Waals surface area contributed by atoms with Crippen molar-refractivity contribution >= 4 is 23.1 Å². The van der Waals surface area contributed by atoms with Crippen molar-refractivity contribution in [3.8, 4) is 11.3 Å². The second kappa shape index (κ2) is 8.78. The van der Waals surface area contributed by atoms with Gasteiger partial charge in [-0.25, -0.2) is 14.4 Å². The van der Waals surface area contributed by atoms with Gasteiger partial charge in [-0.3, -0.25) is 14.1 Å². The Labute approximate surface area is 203 Å². The highest BCUT2D eigenvalue weighted by Crippen LogP contribution is 2.35. The second-order valence-corrected chi connectivity index (χ2v) is 9.29. The van der Waals surface area contributed by atoms with Crippen LogP contribution < -0.4 is 10.6 Å². The van der Waals surface area contributed by atoms with E-state index in [-0.39, 0.29) is 11.7 Å². The number of amides is 1. The lowest BCUT2D eigenvalue weighted by Crippen LogP contribution is -2.32. The molecule has 0 bridgehead atoms. The number of anilines is 2. The molecule has 1 atom stereocenters. The number of hydrogen-bond donors (Lipinski definition) is 2. The normalized spacial score (nSPS) is 16.8. The van der Waals surface area contributed by atoms with Crippen molar-refractivity contribution in [3.63, 3.8) is 0 Å². The van der Waals surface area contributed by atoms with Gasteiger partial charge in [0.05, 0.1) is 23.1 Å². The van der Waals surface area contributed by atoms with E-state index in [4.69, 9.17) is 0 Å². The molecule has 1 aromatic carbocycles. The third kappa shape index (κ3) is 3.93. The molecule has 1 fully saturated rings. The fourth-order valence-corrected chi connectivity index (χ4v) is 5.23. The number of carbonyl (C=O) groups excluding carboxylic acids is 1. The van der Waals surface area contributed by atoms with Gasteiger partial charge < -0.3 is 10.6 Å². The number of piperidine rings is 1. The van der Waals surface area contributed by atoms with Gasteiger partial charge in [0.2, 0.25) is 0 Å². The molecule has 0 saturated carbocycles. The first-order chi connectivity index (χ1) is 17.1. The van der Waals surface area contributed by atoms with Crippen LogP contribution in [0, 0.1) is 5.82 Å². The summed E-state index contributed by atoms with van der Waals surface area (Å²) in [5, 5.41) is 6.28.